The van der Waals surface area contributed by atoms with Gasteiger partial charge in [0.25, 0.3) is 0 Å². The highest BCUT2D eigenvalue weighted by Crippen LogP contribution is 1.88. The Morgan fingerprint density at radius 1 is 1.40 bits per heavy atom. The number of hydrogen-bond donors (Lipinski definition) is 0. The van der Waals surface area contributed by atoms with Crippen molar-refractivity contribution in [3.05, 3.63) is 24.0 Å². The second-order valence-electron chi connectivity index (χ2n) is 1.37. The summed E-state index contributed by atoms with van der Waals surface area (Å²) in [6.07, 6.45) is 4.25. The van der Waals surface area contributed by atoms with Crippen LogP contribution in [0.1, 0.15) is 0 Å². The van der Waals surface area contributed by atoms with E-state index in [4.69, 9.17) is 10.5 Å². The van der Waals surface area contributed by atoms with E-state index in [2.05, 4.69) is 4.74 Å². The number of hydrogen-bond acceptors (Lipinski definition) is 3. The van der Waals surface area contributed by atoms with Crippen LogP contribution in [0.15, 0.2) is 24.0 Å². The van der Waals surface area contributed by atoms with E-state index in [1.165, 1.54) is 25.5 Å². The summed E-state index contributed by atoms with van der Waals surface area (Å²) in [5, 5.41) is 16.4. The van der Waals surface area contributed by atoms with Gasteiger partial charge in [-0.1, -0.05) is 0 Å². The monoisotopic (exact) mass is 134 g/mol. The zero-order valence-corrected chi connectivity index (χ0v) is 5.53. The van der Waals surface area contributed by atoms with Gasteiger partial charge in [0.15, 0.2) is 0 Å². The number of methoxy groups -OCH3 is 1. The fourth-order valence-electron chi connectivity index (χ4n) is 0.314. The normalized spacial score (nSPS) is 7.90. The fraction of sp³-hybridized carbons (Fsp3) is 0.143. The lowest BCUT2D eigenvalue weighted by atomic mass is 10.3. The summed E-state index contributed by atoms with van der Waals surface area (Å²) in [5.41, 5.74) is 0.0632. The third kappa shape index (κ3) is 3.29. The molecule has 0 saturated carbocycles. The molecule has 3 heteroatoms. The summed E-state index contributed by atoms with van der Waals surface area (Å²) in [6.45, 7) is 0. The summed E-state index contributed by atoms with van der Waals surface area (Å²) >= 11 is 0. The van der Waals surface area contributed by atoms with E-state index in [-0.39, 0.29) is 5.57 Å². The number of allylic oxidation sites excluding steroid dienone is 3. The molecule has 0 unspecified atom stereocenters. The molecule has 0 fully saturated rings. The molecule has 0 aromatic heterocycles. The van der Waals surface area contributed by atoms with Crippen LogP contribution < -0.4 is 0 Å². The largest absolute Gasteiger partial charge is 0.504 e. The SMILES string of the molecule is CO/C=C/C=C(C#N)C#N. The Balaban J connectivity index is 4.07. The zero-order chi connectivity index (χ0) is 7.82. The first kappa shape index (κ1) is 8.26. The first-order valence-corrected chi connectivity index (χ1v) is 2.55. The van der Waals surface area contributed by atoms with Gasteiger partial charge < -0.3 is 4.74 Å². The molecular formula is C7H6N2O. The maximum atomic E-state index is 8.21. The van der Waals surface area contributed by atoms with Crippen molar-refractivity contribution in [2.24, 2.45) is 0 Å². The molecule has 10 heavy (non-hydrogen) atoms. The summed E-state index contributed by atoms with van der Waals surface area (Å²) in [5.74, 6) is 0. The highest BCUT2D eigenvalue weighted by atomic mass is 16.5. The number of nitrogens with zero attached hydrogens (tertiary/aromatic N) is 2. The predicted molar refractivity (Wildman–Crippen MR) is 35.5 cm³/mol. The van der Waals surface area contributed by atoms with Crippen molar-refractivity contribution in [1.29, 1.82) is 10.5 Å². The molecule has 0 heterocycles. The van der Waals surface area contributed by atoms with E-state index in [0.29, 0.717) is 0 Å². The van der Waals surface area contributed by atoms with Crippen molar-refractivity contribution in [3.8, 4) is 12.1 Å². The maximum absolute atomic E-state index is 8.21. The minimum atomic E-state index is 0.0632. The van der Waals surface area contributed by atoms with Gasteiger partial charge in [0.2, 0.25) is 0 Å². The van der Waals surface area contributed by atoms with Crippen molar-refractivity contribution < 1.29 is 4.74 Å². The summed E-state index contributed by atoms with van der Waals surface area (Å²) in [7, 11) is 1.49. The molecule has 0 aromatic rings. The molecule has 0 aliphatic heterocycles. The first-order chi connectivity index (χ1) is 4.85. The number of nitriles is 2. The molecule has 0 N–H and O–H groups in total. The van der Waals surface area contributed by atoms with Crippen LogP contribution in [0.5, 0.6) is 0 Å². The van der Waals surface area contributed by atoms with Crippen molar-refractivity contribution in [3.63, 3.8) is 0 Å². The van der Waals surface area contributed by atoms with Crippen LogP contribution in [-0.4, -0.2) is 7.11 Å². The van der Waals surface area contributed by atoms with E-state index >= 15 is 0 Å². The molecule has 0 atom stereocenters. The fourth-order valence-corrected chi connectivity index (χ4v) is 0.314. The lowest BCUT2D eigenvalue weighted by Crippen LogP contribution is -1.68. The van der Waals surface area contributed by atoms with Crippen LogP contribution in [0.3, 0.4) is 0 Å². The molecule has 0 aliphatic carbocycles. The maximum Gasteiger partial charge on any atom is 0.129 e. The van der Waals surface area contributed by atoms with Crippen LogP contribution in [0, 0.1) is 22.7 Å². The van der Waals surface area contributed by atoms with Crippen molar-refractivity contribution in [1.82, 2.24) is 0 Å². The van der Waals surface area contributed by atoms with E-state index in [9.17, 15) is 0 Å². The van der Waals surface area contributed by atoms with Gasteiger partial charge >= 0.3 is 0 Å². The molecule has 3 nitrogen and oxygen atoms in total. The predicted octanol–water partition coefficient (Wildman–Crippen LogP) is 1.12. The molecule has 0 spiro atoms. The summed E-state index contributed by atoms with van der Waals surface area (Å²) in [6, 6.07) is 3.41. The van der Waals surface area contributed by atoms with Crippen LogP contribution in [0.4, 0.5) is 0 Å². The van der Waals surface area contributed by atoms with E-state index in [1.807, 2.05) is 0 Å². The zero-order valence-electron chi connectivity index (χ0n) is 5.53. The van der Waals surface area contributed by atoms with Gasteiger partial charge in [-0.05, 0) is 12.2 Å². The topological polar surface area (TPSA) is 56.8 Å². The average Bonchev–Trinajstić information content (AvgIpc) is 1.99. The minimum absolute atomic E-state index is 0.0632. The van der Waals surface area contributed by atoms with Crippen molar-refractivity contribution >= 4 is 0 Å². The van der Waals surface area contributed by atoms with Gasteiger partial charge in [-0.2, -0.15) is 10.5 Å². The van der Waals surface area contributed by atoms with Crippen LogP contribution in [0.2, 0.25) is 0 Å². The molecule has 0 aliphatic rings. The molecule has 0 radical (unpaired) electrons. The Morgan fingerprint density at radius 3 is 2.40 bits per heavy atom. The highest BCUT2D eigenvalue weighted by Gasteiger charge is 1.84. The Morgan fingerprint density at radius 2 is 2.00 bits per heavy atom. The Kier molecular flexibility index (Phi) is 4.46. The first-order valence-electron chi connectivity index (χ1n) is 2.55. The van der Waals surface area contributed by atoms with E-state index < -0.39 is 0 Å². The van der Waals surface area contributed by atoms with E-state index in [1.54, 1.807) is 12.1 Å². The van der Waals surface area contributed by atoms with Gasteiger partial charge in [0, 0.05) is 0 Å². The van der Waals surface area contributed by atoms with Crippen LogP contribution >= 0.6 is 0 Å². The smallest absolute Gasteiger partial charge is 0.129 e. The second kappa shape index (κ2) is 5.40. The highest BCUT2D eigenvalue weighted by molar-refractivity contribution is 5.37. The standard InChI is InChI=1S/C7H6N2O/c1-10-4-2-3-7(5-8)6-9/h2-4H,1H3/b4-2+. The van der Waals surface area contributed by atoms with Gasteiger partial charge in [-0.3, -0.25) is 0 Å². The quantitative estimate of drug-likeness (QED) is 0.323. The molecule has 0 aromatic carbocycles. The van der Waals surface area contributed by atoms with Crippen molar-refractivity contribution in [2.75, 3.05) is 7.11 Å². The summed E-state index contributed by atoms with van der Waals surface area (Å²) < 4.78 is 4.54. The molecular weight excluding hydrogens is 128 g/mol. The van der Waals surface area contributed by atoms with Gasteiger partial charge in [-0.25, -0.2) is 0 Å². The van der Waals surface area contributed by atoms with Crippen LogP contribution in [-0.2, 0) is 4.74 Å². The molecule has 0 saturated heterocycles. The minimum Gasteiger partial charge on any atom is -0.504 e. The second-order valence-corrected chi connectivity index (χ2v) is 1.37. The van der Waals surface area contributed by atoms with Gasteiger partial charge in [0.05, 0.1) is 13.4 Å². The van der Waals surface area contributed by atoms with E-state index in [0.717, 1.165) is 0 Å². The third-order valence-electron chi connectivity index (χ3n) is 0.718. The number of rotatable bonds is 2. The Hall–Kier alpha value is -1.74. The van der Waals surface area contributed by atoms with Crippen molar-refractivity contribution in [2.45, 2.75) is 0 Å². The number of ether oxygens (including phenoxy) is 1. The molecule has 0 rings (SSSR count). The summed E-state index contributed by atoms with van der Waals surface area (Å²) in [4.78, 5) is 0. The lowest BCUT2D eigenvalue weighted by molar-refractivity contribution is 0.338. The Labute approximate surface area is 59.4 Å². The average molecular weight is 134 g/mol. The van der Waals surface area contributed by atoms with Crippen LogP contribution in [0.25, 0.3) is 0 Å². The molecule has 0 bridgehead atoms. The third-order valence-corrected chi connectivity index (χ3v) is 0.718. The van der Waals surface area contributed by atoms with Gasteiger partial charge in [-0.15, -0.1) is 0 Å². The molecule has 0 amide bonds. The Bertz CT molecular complexity index is 211. The molecule has 50 valence electrons. The van der Waals surface area contributed by atoms with Gasteiger partial charge in [0.1, 0.15) is 17.7 Å². The lowest BCUT2D eigenvalue weighted by Gasteiger charge is -1.80.